The first-order valence-electron chi connectivity index (χ1n) is 6.85. The molecule has 0 aliphatic carbocycles. The van der Waals surface area contributed by atoms with Crippen LogP contribution in [0.4, 0.5) is 0 Å². The first kappa shape index (κ1) is 14.2. The molecular weight excluding hydrogens is 298 g/mol. The van der Waals surface area contributed by atoms with Crippen LogP contribution in [0.3, 0.4) is 0 Å². The summed E-state index contributed by atoms with van der Waals surface area (Å²) in [5.41, 5.74) is 0.445. The van der Waals surface area contributed by atoms with Gasteiger partial charge in [-0.2, -0.15) is 4.31 Å². The second kappa shape index (κ2) is 4.94. The number of fused-ring (bicyclic) bond motifs is 1. The summed E-state index contributed by atoms with van der Waals surface area (Å²) in [4.78, 5) is 16.0. The standard InChI is InChI=1S/C12H19N3O3S2/c1-8-6-14-5-3-4-10(14)7-15(8)20(17,18)11-9(2)13-12(16)19-11/h8,10H,3-7H2,1-2H3,(H,13,16). The van der Waals surface area contributed by atoms with E-state index in [-0.39, 0.29) is 15.1 Å². The van der Waals surface area contributed by atoms with Crippen LogP contribution in [0, 0.1) is 6.92 Å². The van der Waals surface area contributed by atoms with E-state index in [2.05, 4.69) is 9.88 Å². The molecule has 0 radical (unpaired) electrons. The number of sulfonamides is 1. The van der Waals surface area contributed by atoms with Crippen molar-refractivity contribution in [2.24, 2.45) is 0 Å². The molecule has 2 aliphatic rings. The highest BCUT2D eigenvalue weighted by Gasteiger charge is 2.41. The molecule has 0 spiro atoms. The Morgan fingerprint density at radius 3 is 2.75 bits per heavy atom. The number of rotatable bonds is 2. The van der Waals surface area contributed by atoms with Crippen molar-refractivity contribution in [1.82, 2.24) is 14.2 Å². The highest BCUT2D eigenvalue weighted by atomic mass is 32.2. The van der Waals surface area contributed by atoms with Gasteiger partial charge < -0.3 is 4.98 Å². The molecule has 112 valence electrons. The van der Waals surface area contributed by atoms with Crippen LogP contribution in [0.5, 0.6) is 0 Å². The summed E-state index contributed by atoms with van der Waals surface area (Å²) in [6.07, 6.45) is 2.20. The number of H-pyrrole nitrogens is 1. The maximum absolute atomic E-state index is 12.8. The number of aromatic nitrogens is 1. The third kappa shape index (κ3) is 2.24. The SMILES string of the molecule is Cc1[nH]c(=O)sc1S(=O)(=O)N1CC2CCCN2CC1C. The minimum atomic E-state index is -3.57. The summed E-state index contributed by atoms with van der Waals surface area (Å²) in [6.45, 7) is 5.97. The fourth-order valence-corrected chi connectivity index (χ4v) is 6.31. The summed E-state index contributed by atoms with van der Waals surface area (Å²) >= 11 is 0.788. The summed E-state index contributed by atoms with van der Waals surface area (Å²) < 4.78 is 27.3. The number of hydrogen-bond donors (Lipinski definition) is 1. The Morgan fingerprint density at radius 1 is 1.35 bits per heavy atom. The maximum Gasteiger partial charge on any atom is 0.305 e. The monoisotopic (exact) mass is 317 g/mol. The van der Waals surface area contributed by atoms with Gasteiger partial charge in [0.05, 0.1) is 0 Å². The topological polar surface area (TPSA) is 73.5 Å². The zero-order valence-electron chi connectivity index (χ0n) is 11.6. The lowest BCUT2D eigenvalue weighted by molar-refractivity contribution is 0.117. The van der Waals surface area contributed by atoms with E-state index in [1.165, 1.54) is 0 Å². The van der Waals surface area contributed by atoms with E-state index in [1.54, 1.807) is 11.2 Å². The van der Waals surface area contributed by atoms with Crippen molar-refractivity contribution in [3.05, 3.63) is 15.4 Å². The summed E-state index contributed by atoms with van der Waals surface area (Å²) in [5.74, 6) is 0. The molecule has 0 saturated carbocycles. The minimum absolute atomic E-state index is 0.0500. The number of hydrogen-bond acceptors (Lipinski definition) is 5. The molecule has 2 aliphatic heterocycles. The van der Waals surface area contributed by atoms with Crippen molar-refractivity contribution in [2.45, 2.75) is 43.0 Å². The van der Waals surface area contributed by atoms with Crippen molar-refractivity contribution < 1.29 is 8.42 Å². The Kier molecular flexibility index (Phi) is 3.52. The van der Waals surface area contributed by atoms with Crippen molar-refractivity contribution >= 4 is 21.4 Å². The number of aryl methyl sites for hydroxylation is 1. The lowest BCUT2D eigenvalue weighted by Gasteiger charge is -2.41. The quantitative estimate of drug-likeness (QED) is 0.867. The molecule has 2 fully saturated rings. The van der Waals surface area contributed by atoms with Gasteiger partial charge in [0.25, 0.3) is 10.0 Å². The molecule has 2 unspecified atom stereocenters. The average molecular weight is 317 g/mol. The third-order valence-electron chi connectivity index (χ3n) is 4.20. The Balaban J connectivity index is 1.94. The molecule has 2 saturated heterocycles. The predicted octanol–water partition coefficient (Wildman–Crippen LogP) is 0.602. The van der Waals surface area contributed by atoms with Gasteiger partial charge in [0.2, 0.25) is 0 Å². The maximum atomic E-state index is 12.8. The molecule has 0 bridgehead atoms. The number of nitrogens with one attached hydrogen (secondary N) is 1. The highest BCUT2D eigenvalue weighted by molar-refractivity contribution is 7.91. The third-order valence-corrected chi connectivity index (χ3v) is 7.77. The van der Waals surface area contributed by atoms with Gasteiger partial charge in [0.15, 0.2) is 4.21 Å². The van der Waals surface area contributed by atoms with Gasteiger partial charge in [-0.05, 0) is 33.2 Å². The van der Waals surface area contributed by atoms with Crippen LogP contribution in [-0.2, 0) is 10.0 Å². The Labute approximate surface area is 122 Å². The number of piperazine rings is 1. The number of nitrogens with zero attached hydrogens (tertiary/aromatic N) is 2. The molecule has 6 nitrogen and oxygen atoms in total. The van der Waals surface area contributed by atoms with E-state index in [1.807, 2.05) is 6.92 Å². The van der Waals surface area contributed by atoms with E-state index in [9.17, 15) is 13.2 Å². The molecular formula is C12H19N3O3S2. The summed E-state index contributed by atoms with van der Waals surface area (Å²) in [6, 6.07) is 0.280. The first-order chi connectivity index (χ1) is 9.39. The zero-order chi connectivity index (χ0) is 14.5. The smallest absolute Gasteiger partial charge is 0.305 e. The van der Waals surface area contributed by atoms with Crippen LogP contribution in [0.15, 0.2) is 9.00 Å². The molecule has 1 N–H and O–H groups in total. The van der Waals surface area contributed by atoms with Gasteiger partial charge >= 0.3 is 4.87 Å². The predicted molar refractivity (Wildman–Crippen MR) is 77.6 cm³/mol. The van der Waals surface area contributed by atoms with Gasteiger partial charge in [-0.1, -0.05) is 11.3 Å². The molecule has 3 heterocycles. The van der Waals surface area contributed by atoms with Crippen LogP contribution >= 0.6 is 11.3 Å². The van der Waals surface area contributed by atoms with E-state index in [4.69, 9.17) is 0 Å². The largest absolute Gasteiger partial charge is 0.315 e. The van der Waals surface area contributed by atoms with Crippen molar-refractivity contribution in [3.63, 3.8) is 0 Å². The van der Waals surface area contributed by atoms with Gasteiger partial charge in [0.1, 0.15) is 0 Å². The zero-order valence-corrected chi connectivity index (χ0v) is 13.3. The van der Waals surface area contributed by atoms with Crippen LogP contribution in [0.25, 0.3) is 0 Å². The fraction of sp³-hybridized carbons (Fsp3) is 0.750. The highest BCUT2D eigenvalue weighted by Crippen LogP contribution is 2.30. The van der Waals surface area contributed by atoms with Crippen LogP contribution < -0.4 is 4.87 Å². The number of thiazole rings is 1. The Bertz CT molecular complexity index is 664. The number of aromatic amines is 1. The molecule has 2 atom stereocenters. The second-order valence-corrected chi connectivity index (χ2v) is 8.71. The van der Waals surface area contributed by atoms with Gasteiger partial charge in [-0.3, -0.25) is 9.69 Å². The lowest BCUT2D eigenvalue weighted by Crippen LogP contribution is -2.56. The van der Waals surface area contributed by atoms with Gasteiger partial charge in [0, 0.05) is 30.9 Å². The van der Waals surface area contributed by atoms with E-state index < -0.39 is 10.0 Å². The summed E-state index contributed by atoms with van der Waals surface area (Å²) in [7, 11) is -3.57. The molecule has 20 heavy (non-hydrogen) atoms. The lowest BCUT2D eigenvalue weighted by atomic mass is 10.1. The van der Waals surface area contributed by atoms with Crippen LogP contribution in [0.2, 0.25) is 0 Å². The molecule has 0 amide bonds. The fourth-order valence-electron chi connectivity index (χ4n) is 3.24. The molecule has 0 aromatic carbocycles. The molecule has 3 rings (SSSR count). The van der Waals surface area contributed by atoms with Crippen molar-refractivity contribution in [2.75, 3.05) is 19.6 Å². The van der Waals surface area contributed by atoms with E-state index in [0.29, 0.717) is 18.3 Å². The normalized spacial score (nSPS) is 28.7. The van der Waals surface area contributed by atoms with E-state index in [0.717, 1.165) is 37.3 Å². The van der Waals surface area contributed by atoms with Crippen LogP contribution in [0.1, 0.15) is 25.5 Å². The van der Waals surface area contributed by atoms with Crippen molar-refractivity contribution in [3.8, 4) is 0 Å². The second-order valence-electron chi connectivity index (χ2n) is 5.64. The van der Waals surface area contributed by atoms with Crippen molar-refractivity contribution in [1.29, 1.82) is 0 Å². The molecule has 1 aromatic rings. The summed E-state index contributed by atoms with van der Waals surface area (Å²) in [5, 5.41) is 0. The Hall–Kier alpha value is -0.700. The first-order valence-corrected chi connectivity index (χ1v) is 9.11. The van der Waals surface area contributed by atoms with E-state index >= 15 is 0 Å². The average Bonchev–Trinajstić information content (AvgIpc) is 2.94. The molecule has 1 aromatic heterocycles. The minimum Gasteiger partial charge on any atom is -0.315 e. The van der Waals surface area contributed by atoms with Gasteiger partial charge in [-0.15, -0.1) is 0 Å². The van der Waals surface area contributed by atoms with Crippen LogP contribution in [-0.4, -0.2) is 54.3 Å². The molecule has 8 heteroatoms. The van der Waals surface area contributed by atoms with Gasteiger partial charge in [-0.25, -0.2) is 8.42 Å². The Morgan fingerprint density at radius 2 is 2.10 bits per heavy atom.